The van der Waals surface area contributed by atoms with Crippen molar-refractivity contribution in [1.29, 1.82) is 0 Å². The van der Waals surface area contributed by atoms with Crippen LogP contribution >= 0.6 is 0 Å². The Morgan fingerprint density at radius 3 is 2.64 bits per heavy atom. The Morgan fingerprint density at radius 1 is 1.04 bits per heavy atom. The summed E-state index contributed by atoms with van der Waals surface area (Å²) < 4.78 is 3.32. The molecule has 2 aromatic heterocycles. The molecule has 0 aliphatic carbocycles. The van der Waals surface area contributed by atoms with E-state index >= 15 is 0 Å². The molecule has 0 aliphatic rings. The maximum Gasteiger partial charge on any atom is 0.249 e. The first-order valence-electron chi connectivity index (χ1n) is 8.91. The number of nitrogens with one attached hydrogen (secondary N) is 1. The molecule has 1 atom stereocenters. The largest absolute Gasteiger partial charge is 0.324 e. The predicted octanol–water partition coefficient (Wildman–Crippen LogP) is 2.34. The standard InChI is InChI=1S/C20H19N7O/c28-20(19(27-15-21-24-25-27)13-16-6-2-1-3-7-16)23-18-9-4-8-17(12-18)14-26-11-5-10-22-26/h1-12,15,19H,13-14H2,(H,23,28). The smallest absolute Gasteiger partial charge is 0.249 e. The Balaban J connectivity index is 1.51. The van der Waals surface area contributed by atoms with Crippen LogP contribution in [0, 0.1) is 0 Å². The summed E-state index contributed by atoms with van der Waals surface area (Å²) in [5.74, 6) is -0.174. The second kappa shape index (κ2) is 8.26. The van der Waals surface area contributed by atoms with Crippen molar-refractivity contribution >= 4 is 11.6 Å². The Kier molecular flexibility index (Phi) is 5.19. The summed E-state index contributed by atoms with van der Waals surface area (Å²) in [6.07, 6.45) is 5.59. The van der Waals surface area contributed by atoms with Gasteiger partial charge in [-0.2, -0.15) is 5.10 Å². The molecule has 8 heteroatoms. The highest BCUT2D eigenvalue weighted by Crippen LogP contribution is 2.18. The summed E-state index contributed by atoms with van der Waals surface area (Å²) in [4.78, 5) is 13.0. The van der Waals surface area contributed by atoms with Gasteiger partial charge in [0.2, 0.25) is 5.91 Å². The van der Waals surface area contributed by atoms with Gasteiger partial charge in [-0.05, 0) is 39.8 Å². The lowest BCUT2D eigenvalue weighted by Gasteiger charge is -2.17. The summed E-state index contributed by atoms with van der Waals surface area (Å²) in [5, 5.41) is 18.5. The number of rotatable bonds is 7. The highest BCUT2D eigenvalue weighted by molar-refractivity contribution is 5.93. The van der Waals surface area contributed by atoms with Gasteiger partial charge >= 0.3 is 0 Å². The third kappa shape index (κ3) is 4.29. The van der Waals surface area contributed by atoms with Gasteiger partial charge in [-0.1, -0.05) is 42.5 Å². The van der Waals surface area contributed by atoms with Crippen molar-refractivity contribution in [2.75, 3.05) is 5.32 Å². The van der Waals surface area contributed by atoms with Crippen molar-refractivity contribution in [2.45, 2.75) is 19.0 Å². The molecule has 4 rings (SSSR count). The van der Waals surface area contributed by atoms with Crippen LogP contribution in [0.1, 0.15) is 17.2 Å². The van der Waals surface area contributed by atoms with Gasteiger partial charge in [-0.15, -0.1) is 5.10 Å². The number of carbonyl (C=O) groups is 1. The fourth-order valence-electron chi connectivity index (χ4n) is 3.01. The average molecular weight is 373 g/mol. The van der Waals surface area contributed by atoms with Gasteiger partial charge in [0.15, 0.2) is 0 Å². The molecule has 0 spiro atoms. The molecule has 140 valence electrons. The topological polar surface area (TPSA) is 90.5 Å². The minimum absolute atomic E-state index is 0.174. The molecule has 0 radical (unpaired) electrons. The van der Waals surface area contributed by atoms with Gasteiger partial charge in [0.05, 0.1) is 6.54 Å². The first kappa shape index (κ1) is 17.6. The van der Waals surface area contributed by atoms with Crippen LogP contribution in [0.5, 0.6) is 0 Å². The highest BCUT2D eigenvalue weighted by Gasteiger charge is 2.22. The summed E-state index contributed by atoms with van der Waals surface area (Å²) in [5.41, 5.74) is 2.80. The number of benzene rings is 2. The fourth-order valence-corrected chi connectivity index (χ4v) is 3.01. The van der Waals surface area contributed by atoms with E-state index in [0.29, 0.717) is 13.0 Å². The summed E-state index contributed by atoms with van der Waals surface area (Å²) in [7, 11) is 0. The number of anilines is 1. The Hall–Kier alpha value is -3.81. The van der Waals surface area contributed by atoms with E-state index < -0.39 is 6.04 Å². The van der Waals surface area contributed by atoms with E-state index in [1.165, 1.54) is 11.0 Å². The zero-order valence-corrected chi connectivity index (χ0v) is 15.1. The van der Waals surface area contributed by atoms with E-state index in [0.717, 1.165) is 16.8 Å². The van der Waals surface area contributed by atoms with E-state index in [-0.39, 0.29) is 5.91 Å². The molecule has 1 amide bonds. The van der Waals surface area contributed by atoms with Gasteiger partial charge in [-0.3, -0.25) is 9.48 Å². The van der Waals surface area contributed by atoms with Crippen LogP contribution in [0.2, 0.25) is 0 Å². The predicted molar refractivity (Wildman–Crippen MR) is 103 cm³/mol. The fraction of sp³-hybridized carbons (Fsp3) is 0.150. The van der Waals surface area contributed by atoms with Gasteiger partial charge < -0.3 is 5.32 Å². The van der Waals surface area contributed by atoms with E-state index in [9.17, 15) is 4.79 Å². The summed E-state index contributed by atoms with van der Waals surface area (Å²) in [6, 6.07) is 18.9. The van der Waals surface area contributed by atoms with Crippen LogP contribution in [-0.2, 0) is 17.8 Å². The van der Waals surface area contributed by atoms with Crippen molar-refractivity contribution in [2.24, 2.45) is 0 Å². The van der Waals surface area contributed by atoms with Crippen molar-refractivity contribution < 1.29 is 4.79 Å². The third-order valence-electron chi connectivity index (χ3n) is 4.36. The molecular formula is C20H19N7O. The third-order valence-corrected chi connectivity index (χ3v) is 4.36. The van der Waals surface area contributed by atoms with Crippen molar-refractivity contribution in [3.63, 3.8) is 0 Å². The number of hydrogen-bond donors (Lipinski definition) is 1. The van der Waals surface area contributed by atoms with Crippen LogP contribution < -0.4 is 5.32 Å². The lowest BCUT2D eigenvalue weighted by Crippen LogP contribution is -2.28. The molecule has 2 aromatic carbocycles. The second-order valence-electron chi connectivity index (χ2n) is 6.39. The first-order valence-corrected chi connectivity index (χ1v) is 8.91. The molecule has 0 aliphatic heterocycles. The van der Waals surface area contributed by atoms with E-state index in [1.54, 1.807) is 6.20 Å². The van der Waals surface area contributed by atoms with Crippen LogP contribution in [0.3, 0.4) is 0 Å². The molecule has 2 heterocycles. The van der Waals surface area contributed by atoms with Crippen LogP contribution in [-0.4, -0.2) is 35.9 Å². The Bertz CT molecular complexity index is 1010. The molecule has 0 fully saturated rings. The van der Waals surface area contributed by atoms with E-state index in [4.69, 9.17) is 0 Å². The molecule has 0 bridgehead atoms. The average Bonchev–Trinajstić information content (AvgIpc) is 3.41. The van der Waals surface area contributed by atoms with Gasteiger partial charge in [0.25, 0.3) is 0 Å². The van der Waals surface area contributed by atoms with E-state index in [1.807, 2.05) is 71.5 Å². The molecule has 4 aromatic rings. The number of nitrogens with zero attached hydrogens (tertiary/aromatic N) is 6. The van der Waals surface area contributed by atoms with Gasteiger partial charge in [0.1, 0.15) is 12.4 Å². The zero-order valence-electron chi connectivity index (χ0n) is 15.1. The SMILES string of the molecule is O=C(Nc1cccc(Cn2cccn2)c1)C(Cc1ccccc1)n1cnnn1. The molecule has 1 N–H and O–H groups in total. The van der Waals surface area contributed by atoms with Gasteiger partial charge in [0, 0.05) is 24.5 Å². The minimum atomic E-state index is -0.549. The van der Waals surface area contributed by atoms with E-state index in [2.05, 4.69) is 25.9 Å². The Labute approximate surface area is 161 Å². The number of amides is 1. The highest BCUT2D eigenvalue weighted by atomic mass is 16.2. The molecule has 1 unspecified atom stereocenters. The van der Waals surface area contributed by atoms with Crippen molar-refractivity contribution in [3.8, 4) is 0 Å². The number of tetrazole rings is 1. The van der Waals surface area contributed by atoms with Crippen LogP contribution in [0.25, 0.3) is 0 Å². The minimum Gasteiger partial charge on any atom is -0.324 e. The first-order chi connectivity index (χ1) is 13.8. The number of aromatic nitrogens is 6. The molecule has 0 saturated carbocycles. The quantitative estimate of drug-likeness (QED) is 0.537. The molecule has 8 nitrogen and oxygen atoms in total. The summed E-state index contributed by atoms with van der Waals surface area (Å²) >= 11 is 0. The van der Waals surface area contributed by atoms with Crippen LogP contribution in [0.4, 0.5) is 5.69 Å². The van der Waals surface area contributed by atoms with Crippen molar-refractivity contribution in [3.05, 3.63) is 90.5 Å². The number of hydrogen-bond acceptors (Lipinski definition) is 5. The molecule has 0 saturated heterocycles. The zero-order chi connectivity index (χ0) is 19.2. The normalized spacial score (nSPS) is 11.9. The molecular weight excluding hydrogens is 354 g/mol. The second-order valence-corrected chi connectivity index (χ2v) is 6.39. The maximum atomic E-state index is 13.0. The van der Waals surface area contributed by atoms with Gasteiger partial charge in [-0.25, -0.2) is 4.68 Å². The van der Waals surface area contributed by atoms with Crippen molar-refractivity contribution in [1.82, 2.24) is 30.0 Å². The lowest BCUT2D eigenvalue weighted by atomic mass is 10.1. The lowest BCUT2D eigenvalue weighted by molar-refractivity contribution is -0.119. The van der Waals surface area contributed by atoms with Crippen LogP contribution in [0.15, 0.2) is 79.4 Å². The Morgan fingerprint density at radius 2 is 1.89 bits per heavy atom. The monoisotopic (exact) mass is 373 g/mol. The number of carbonyl (C=O) groups excluding carboxylic acids is 1. The molecule has 28 heavy (non-hydrogen) atoms. The summed E-state index contributed by atoms with van der Waals surface area (Å²) in [6.45, 7) is 0.636. The maximum absolute atomic E-state index is 13.0.